The Labute approximate surface area is 77.8 Å². The van der Waals surface area contributed by atoms with Crippen LogP contribution in [0.2, 0.25) is 0 Å². The van der Waals surface area contributed by atoms with Gasteiger partial charge in [-0.1, -0.05) is 6.58 Å². The van der Waals surface area contributed by atoms with E-state index in [1.165, 1.54) is 0 Å². The topological polar surface area (TPSA) is 66.8 Å². The van der Waals surface area contributed by atoms with Gasteiger partial charge in [-0.05, 0) is 19.8 Å². The van der Waals surface area contributed by atoms with E-state index in [1.807, 2.05) is 0 Å². The second kappa shape index (κ2) is 6.62. The van der Waals surface area contributed by atoms with Crippen LogP contribution >= 0.6 is 0 Å². The van der Waals surface area contributed by atoms with Gasteiger partial charge < -0.3 is 14.9 Å². The van der Waals surface area contributed by atoms with Crippen LogP contribution in [0.4, 0.5) is 0 Å². The maximum atomic E-state index is 10.6. The maximum absolute atomic E-state index is 10.6. The number of aliphatic hydroxyl groups is 2. The van der Waals surface area contributed by atoms with Crippen molar-refractivity contribution in [1.29, 1.82) is 0 Å². The normalized spacial score (nSPS) is 14.7. The third-order valence-electron chi connectivity index (χ3n) is 1.49. The summed E-state index contributed by atoms with van der Waals surface area (Å²) in [5.41, 5.74) is 0. The predicted octanol–water partition coefficient (Wildman–Crippen LogP) is 0.585. The summed E-state index contributed by atoms with van der Waals surface area (Å²) in [6.45, 7) is 4.87. The molecule has 0 fully saturated rings. The third kappa shape index (κ3) is 7.49. The second-order valence-corrected chi connectivity index (χ2v) is 2.88. The Morgan fingerprint density at radius 1 is 1.54 bits per heavy atom. The van der Waals surface area contributed by atoms with Crippen molar-refractivity contribution in [2.45, 2.75) is 38.6 Å². The van der Waals surface area contributed by atoms with Crippen molar-refractivity contribution in [3.8, 4) is 0 Å². The first-order valence-corrected chi connectivity index (χ1v) is 4.25. The fourth-order valence-corrected chi connectivity index (χ4v) is 0.829. The Kier molecular flexibility index (Phi) is 6.18. The molecule has 0 radical (unpaired) electrons. The molecule has 0 saturated heterocycles. The van der Waals surface area contributed by atoms with Gasteiger partial charge in [0.05, 0.1) is 6.10 Å². The highest BCUT2D eigenvalue weighted by Crippen LogP contribution is 2.05. The molecule has 13 heavy (non-hydrogen) atoms. The SMILES string of the molecule is C=CC(=O)OC(O)CCCC(C)O. The zero-order valence-electron chi connectivity index (χ0n) is 7.77. The van der Waals surface area contributed by atoms with E-state index in [0.29, 0.717) is 19.3 Å². The third-order valence-corrected chi connectivity index (χ3v) is 1.49. The van der Waals surface area contributed by atoms with Gasteiger partial charge in [-0.15, -0.1) is 0 Å². The van der Waals surface area contributed by atoms with Gasteiger partial charge in [0.2, 0.25) is 6.29 Å². The Morgan fingerprint density at radius 2 is 2.15 bits per heavy atom. The van der Waals surface area contributed by atoms with E-state index in [0.717, 1.165) is 6.08 Å². The first kappa shape index (κ1) is 12.1. The lowest BCUT2D eigenvalue weighted by molar-refractivity contribution is -0.162. The Morgan fingerprint density at radius 3 is 2.62 bits per heavy atom. The minimum absolute atomic E-state index is 0.338. The number of hydrogen-bond donors (Lipinski definition) is 2. The molecular weight excluding hydrogens is 172 g/mol. The van der Waals surface area contributed by atoms with E-state index in [1.54, 1.807) is 6.92 Å². The molecule has 2 N–H and O–H groups in total. The summed E-state index contributed by atoms with van der Waals surface area (Å²) < 4.78 is 4.50. The summed E-state index contributed by atoms with van der Waals surface area (Å²) in [5, 5.41) is 18.0. The van der Waals surface area contributed by atoms with E-state index >= 15 is 0 Å². The minimum atomic E-state index is -1.09. The van der Waals surface area contributed by atoms with Gasteiger partial charge >= 0.3 is 5.97 Å². The zero-order chi connectivity index (χ0) is 10.3. The van der Waals surface area contributed by atoms with E-state index < -0.39 is 12.3 Å². The average Bonchev–Trinajstić information content (AvgIpc) is 2.03. The number of esters is 1. The van der Waals surface area contributed by atoms with Crippen molar-refractivity contribution in [2.75, 3.05) is 0 Å². The molecule has 0 rings (SSSR count). The van der Waals surface area contributed by atoms with E-state index in [-0.39, 0.29) is 6.10 Å². The van der Waals surface area contributed by atoms with Gasteiger partial charge in [-0.25, -0.2) is 4.79 Å². The van der Waals surface area contributed by atoms with Gasteiger partial charge in [0.25, 0.3) is 0 Å². The summed E-state index contributed by atoms with van der Waals surface area (Å²) >= 11 is 0. The van der Waals surface area contributed by atoms with Gasteiger partial charge in [0, 0.05) is 12.5 Å². The summed E-state index contributed by atoms with van der Waals surface area (Å²) in [4.78, 5) is 10.6. The molecule has 0 spiro atoms. The van der Waals surface area contributed by atoms with Crippen LogP contribution in [-0.4, -0.2) is 28.6 Å². The quantitative estimate of drug-likeness (QED) is 0.363. The van der Waals surface area contributed by atoms with Gasteiger partial charge in [-0.3, -0.25) is 0 Å². The average molecular weight is 188 g/mol. The molecule has 2 unspecified atom stereocenters. The van der Waals surface area contributed by atoms with Crippen LogP contribution in [0.5, 0.6) is 0 Å². The molecule has 4 heteroatoms. The molecule has 0 aromatic rings. The van der Waals surface area contributed by atoms with Crippen LogP contribution in [0.15, 0.2) is 12.7 Å². The number of aliphatic hydroxyl groups excluding tert-OH is 2. The van der Waals surface area contributed by atoms with Crippen LogP contribution in [-0.2, 0) is 9.53 Å². The van der Waals surface area contributed by atoms with Crippen LogP contribution < -0.4 is 0 Å². The summed E-state index contributed by atoms with van der Waals surface area (Å²) in [5.74, 6) is -0.635. The molecule has 0 heterocycles. The molecular formula is C9H16O4. The molecule has 0 aliphatic carbocycles. The highest BCUT2D eigenvalue weighted by molar-refractivity contribution is 5.81. The van der Waals surface area contributed by atoms with Crippen LogP contribution in [0.25, 0.3) is 0 Å². The van der Waals surface area contributed by atoms with Crippen molar-refractivity contribution in [2.24, 2.45) is 0 Å². The number of hydrogen-bond acceptors (Lipinski definition) is 4. The summed E-state index contributed by atoms with van der Waals surface area (Å²) in [6.07, 6.45) is 1.06. The number of carbonyl (C=O) groups excluding carboxylic acids is 1. The van der Waals surface area contributed by atoms with Crippen molar-refractivity contribution in [1.82, 2.24) is 0 Å². The Balaban J connectivity index is 3.45. The fraction of sp³-hybridized carbons (Fsp3) is 0.667. The second-order valence-electron chi connectivity index (χ2n) is 2.88. The summed E-state index contributed by atoms with van der Waals surface area (Å²) in [7, 11) is 0. The largest absolute Gasteiger partial charge is 0.433 e. The first-order valence-electron chi connectivity index (χ1n) is 4.25. The predicted molar refractivity (Wildman–Crippen MR) is 47.8 cm³/mol. The smallest absolute Gasteiger partial charge is 0.332 e. The van der Waals surface area contributed by atoms with Crippen LogP contribution in [0.1, 0.15) is 26.2 Å². The standard InChI is InChI=1S/C9H16O4/c1-3-8(11)13-9(12)6-4-5-7(2)10/h3,7,9-10,12H,1,4-6H2,2H3. The van der Waals surface area contributed by atoms with E-state index in [9.17, 15) is 4.79 Å². The van der Waals surface area contributed by atoms with Crippen molar-refractivity contribution in [3.63, 3.8) is 0 Å². The number of carbonyl (C=O) groups is 1. The van der Waals surface area contributed by atoms with Gasteiger partial charge in [0.15, 0.2) is 0 Å². The first-order chi connectivity index (χ1) is 6.06. The van der Waals surface area contributed by atoms with Crippen molar-refractivity contribution < 1.29 is 19.7 Å². The maximum Gasteiger partial charge on any atom is 0.332 e. The van der Waals surface area contributed by atoms with Crippen LogP contribution in [0.3, 0.4) is 0 Å². The van der Waals surface area contributed by atoms with Crippen molar-refractivity contribution in [3.05, 3.63) is 12.7 Å². The molecule has 0 aliphatic heterocycles. The summed E-state index contributed by atoms with van der Waals surface area (Å²) in [6, 6.07) is 0. The van der Waals surface area contributed by atoms with Crippen molar-refractivity contribution >= 4 is 5.97 Å². The minimum Gasteiger partial charge on any atom is -0.433 e. The highest BCUT2D eigenvalue weighted by atomic mass is 16.6. The molecule has 0 aromatic heterocycles. The fourth-order valence-electron chi connectivity index (χ4n) is 0.829. The molecule has 0 saturated carbocycles. The lowest BCUT2D eigenvalue weighted by atomic mass is 10.2. The Hall–Kier alpha value is -0.870. The molecule has 2 atom stereocenters. The van der Waals surface area contributed by atoms with E-state index in [4.69, 9.17) is 10.2 Å². The lowest BCUT2D eigenvalue weighted by Crippen LogP contribution is -2.16. The monoisotopic (exact) mass is 188 g/mol. The van der Waals surface area contributed by atoms with E-state index in [2.05, 4.69) is 11.3 Å². The highest BCUT2D eigenvalue weighted by Gasteiger charge is 2.08. The number of rotatable bonds is 6. The van der Waals surface area contributed by atoms with Gasteiger partial charge in [0.1, 0.15) is 0 Å². The number of ether oxygens (including phenoxy) is 1. The van der Waals surface area contributed by atoms with Gasteiger partial charge in [-0.2, -0.15) is 0 Å². The Bertz CT molecular complexity index is 165. The molecule has 0 bridgehead atoms. The molecule has 76 valence electrons. The molecule has 0 aromatic carbocycles. The molecule has 0 aliphatic rings. The molecule has 0 amide bonds. The lowest BCUT2D eigenvalue weighted by Gasteiger charge is -2.10. The van der Waals surface area contributed by atoms with Crippen LogP contribution in [0, 0.1) is 0 Å². The molecule has 4 nitrogen and oxygen atoms in total. The zero-order valence-corrected chi connectivity index (χ0v) is 7.77.